The Kier molecular flexibility index (Phi) is 3.62. The second-order valence-electron chi connectivity index (χ2n) is 4.14. The van der Waals surface area contributed by atoms with Crippen molar-refractivity contribution in [2.75, 3.05) is 5.32 Å². The van der Waals surface area contributed by atoms with Crippen molar-refractivity contribution in [3.8, 4) is 0 Å². The maximum atomic E-state index is 10.7. The van der Waals surface area contributed by atoms with Gasteiger partial charge in [0.25, 0.3) is 5.69 Å². The maximum absolute atomic E-state index is 10.7. The van der Waals surface area contributed by atoms with Crippen LogP contribution in [0.2, 0.25) is 0 Å². The summed E-state index contributed by atoms with van der Waals surface area (Å²) < 4.78 is 0. The molecule has 2 rings (SSSR count). The fraction of sp³-hybridized carbons (Fsp3) is 0.231. The summed E-state index contributed by atoms with van der Waals surface area (Å²) in [5.41, 5.74) is 2.12. The standard InChI is InChI=1S/C13H14N2O2S/c1-9-6-7-18-13(9)10(2)14-11-4-3-5-12(8-11)15(16)17/h3-8,10,14H,1-2H3. The number of rotatable bonds is 4. The smallest absolute Gasteiger partial charge is 0.271 e. The number of aryl methyl sites for hydroxylation is 1. The molecular weight excluding hydrogens is 248 g/mol. The minimum Gasteiger partial charge on any atom is -0.377 e. The molecule has 1 heterocycles. The number of hydrogen-bond acceptors (Lipinski definition) is 4. The maximum Gasteiger partial charge on any atom is 0.271 e. The highest BCUT2D eigenvalue weighted by molar-refractivity contribution is 7.10. The highest BCUT2D eigenvalue weighted by Gasteiger charge is 2.11. The fourth-order valence-electron chi connectivity index (χ4n) is 1.85. The van der Waals surface area contributed by atoms with Gasteiger partial charge in [0.2, 0.25) is 0 Å². The van der Waals surface area contributed by atoms with Gasteiger partial charge in [-0.3, -0.25) is 10.1 Å². The number of non-ortho nitro benzene ring substituents is 1. The first-order valence-electron chi connectivity index (χ1n) is 5.63. The molecule has 1 aromatic carbocycles. The lowest BCUT2D eigenvalue weighted by atomic mass is 10.2. The summed E-state index contributed by atoms with van der Waals surface area (Å²) in [7, 11) is 0. The van der Waals surface area contributed by atoms with E-state index < -0.39 is 0 Å². The van der Waals surface area contributed by atoms with Gasteiger partial charge in [0.15, 0.2) is 0 Å². The highest BCUT2D eigenvalue weighted by atomic mass is 32.1. The first-order valence-corrected chi connectivity index (χ1v) is 6.51. The van der Waals surface area contributed by atoms with Crippen LogP contribution < -0.4 is 5.32 Å². The van der Waals surface area contributed by atoms with E-state index in [1.54, 1.807) is 23.5 Å². The second kappa shape index (κ2) is 5.18. The van der Waals surface area contributed by atoms with Crippen molar-refractivity contribution in [1.29, 1.82) is 0 Å². The molecule has 94 valence electrons. The van der Waals surface area contributed by atoms with Gasteiger partial charge in [-0.05, 0) is 36.9 Å². The van der Waals surface area contributed by atoms with Gasteiger partial charge < -0.3 is 5.32 Å². The molecule has 4 nitrogen and oxygen atoms in total. The number of hydrogen-bond donors (Lipinski definition) is 1. The molecule has 0 amide bonds. The van der Waals surface area contributed by atoms with Gasteiger partial charge in [-0.2, -0.15) is 0 Å². The van der Waals surface area contributed by atoms with Crippen LogP contribution in [-0.4, -0.2) is 4.92 Å². The Balaban J connectivity index is 2.17. The Bertz CT molecular complexity index is 566. The molecule has 18 heavy (non-hydrogen) atoms. The van der Waals surface area contributed by atoms with Gasteiger partial charge in [0, 0.05) is 22.7 Å². The van der Waals surface area contributed by atoms with Gasteiger partial charge in [0.1, 0.15) is 0 Å². The van der Waals surface area contributed by atoms with E-state index in [1.807, 2.05) is 6.07 Å². The zero-order valence-electron chi connectivity index (χ0n) is 10.2. The molecule has 0 aliphatic heterocycles. The van der Waals surface area contributed by atoms with E-state index in [2.05, 4.69) is 30.6 Å². The van der Waals surface area contributed by atoms with E-state index in [-0.39, 0.29) is 16.7 Å². The first-order chi connectivity index (χ1) is 8.58. The van der Waals surface area contributed by atoms with E-state index >= 15 is 0 Å². The number of benzene rings is 1. The Morgan fingerprint density at radius 1 is 1.39 bits per heavy atom. The van der Waals surface area contributed by atoms with E-state index in [0.29, 0.717) is 0 Å². The van der Waals surface area contributed by atoms with Gasteiger partial charge in [-0.1, -0.05) is 6.07 Å². The lowest BCUT2D eigenvalue weighted by molar-refractivity contribution is -0.384. The number of nitro benzene ring substituents is 1. The molecule has 0 fully saturated rings. The molecule has 5 heteroatoms. The number of nitrogens with one attached hydrogen (secondary N) is 1. The van der Waals surface area contributed by atoms with Crippen molar-refractivity contribution in [1.82, 2.24) is 0 Å². The quantitative estimate of drug-likeness (QED) is 0.665. The van der Waals surface area contributed by atoms with E-state index in [1.165, 1.54) is 16.5 Å². The Morgan fingerprint density at radius 3 is 2.78 bits per heavy atom. The third-order valence-corrected chi connectivity index (χ3v) is 3.94. The molecule has 0 aliphatic rings. The highest BCUT2D eigenvalue weighted by Crippen LogP contribution is 2.27. The van der Waals surface area contributed by atoms with Crippen LogP contribution in [-0.2, 0) is 0 Å². The Hall–Kier alpha value is -1.88. The minimum absolute atomic E-state index is 0.107. The molecule has 0 saturated heterocycles. The summed E-state index contributed by atoms with van der Waals surface area (Å²) in [6.07, 6.45) is 0. The van der Waals surface area contributed by atoms with Crippen LogP contribution >= 0.6 is 11.3 Å². The molecule has 2 aromatic rings. The van der Waals surface area contributed by atoms with E-state index in [4.69, 9.17) is 0 Å². The average molecular weight is 262 g/mol. The molecule has 0 spiro atoms. The van der Waals surface area contributed by atoms with Crippen molar-refractivity contribution < 1.29 is 4.92 Å². The number of thiophene rings is 1. The summed E-state index contributed by atoms with van der Waals surface area (Å²) in [5.74, 6) is 0. The van der Waals surface area contributed by atoms with E-state index in [0.717, 1.165) is 5.69 Å². The van der Waals surface area contributed by atoms with Crippen molar-refractivity contribution in [2.45, 2.75) is 19.9 Å². The normalized spacial score (nSPS) is 12.1. The summed E-state index contributed by atoms with van der Waals surface area (Å²) in [5, 5.41) is 16.0. The van der Waals surface area contributed by atoms with E-state index in [9.17, 15) is 10.1 Å². The van der Waals surface area contributed by atoms with Gasteiger partial charge in [-0.25, -0.2) is 0 Å². The van der Waals surface area contributed by atoms with Crippen molar-refractivity contribution in [2.24, 2.45) is 0 Å². The Labute approximate surface area is 109 Å². The summed E-state index contributed by atoms with van der Waals surface area (Å²) in [6, 6.07) is 8.80. The summed E-state index contributed by atoms with van der Waals surface area (Å²) in [6.45, 7) is 4.12. The number of nitro groups is 1. The molecule has 0 radical (unpaired) electrons. The molecule has 1 unspecified atom stereocenters. The lowest BCUT2D eigenvalue weighted by Crippen LogP contribution is -2.06. The zero-order valence-corrected chi connectivity index (χ0v) is 11.0. The lowest BCUT2D eigenvalue weighted by Gasteiger charge is -2.14. The zero-order chi connectivity index (χ0) is 13.1. The molecule has 1 atom stereocenters. The van der Waals surface area contributed by atoms with Gasteiger partial charge in [-0.15, -0.1) is 11.3 Å². The van der Waals surface area contributed by atoms with Crippen LogP contribution in [0, 0.1) is 17.0 Å². The SMILES string of the molecule is Cc1ccsc1C(C)Nc1cccc([N+](=O)[O-])c1. The Morgan fingerprint density at radius 2 is 2.17 bits per heavy atom. The minimum atomic E-state index is -0.383. The second-order valence-corrected chi connectivity index (χ2v) is 5.09. The largest absolute Gasteiger partial charge is 0.377 e. The van der Waals surface area contributed by atoms with Crippen LogP contribution in [0.15, 0.2) is 35.7 Å². The van der Waals surface area contributed by atoms with Crippen molar-refractivity contribution in [3.05, 3.63) is 56.3 Å². The summed E-state index contributed by atoms with van der Waals surface area (Å²) >= 11 is 1.69. The van der Waals surface area contributed by atoms with Crippen LogP contribution in [0.1, 0.15) is 23.4 Å². The average Bonchev–Trinajstić information content (AvgIpc) is 2.76. The predicted molar refractivity (Wildman–Crippen MR) is 74.2 cm³/mol. The van der Waals surface area contributed by atoms with Crippen molar-refractivity contribution in [3.63, 3.8) is 0 Å². The van der Waals surface area contributed by atoms with Crippen LogP contribution in [0.5, 0.6) is 0 Å². The van der Waals surface area contributed by atoms with Gasteiger partial charge >= 0.3 is 0 Å². The predicted octanol–water partition coefficient (Wildman–Crippen LogP) is 4.14. The van der Waals surface area contributed by atoms with Crippen LogP contribution in [0.25, 0.3) is 0 Å². The van der Waals surface area contributed by atoms with Gasteiger partial charge in [0.05, 0.1) is 11.0 Å². The van der Waals surface area contributed by atoms with Crippen LogP contribution in [0.3, 0.4) is 0 Å². The fourth-order valence-corrected chi connectivity index (χ4v) is 2.79. The van der Waals surface area contributed by atoms with Crippen molar-refractivity contribution >= 4 is 22.7 Å². The molecule has 1 aromatic heterocycles. The monoisotopic (exact) mass is 262 g/mol. The third-order valence-electron chi connectivity index (χ3n) is 2.74. The first kappa shape index (κ1) is 12.6. The molecule has 0 aliphatic carbocycles. The molecular formula is C13H14N2O2S. The van der Waals surface area contributed by atoms with Crippen LogP contribution in [0.4, 0.5) is 11.4 Å². The number of nitrogens with zero attached hydrogens (tertiary/aromatic N) is 1. The number of anilines is 1. The molecule has 0 saturated carbocycles. The molecule has 0 bridgehead atoms. The topological polar surface area (TPSA) is 55.2 Å². The third kappa shape index (κ3) is 2.68. The molecule has 1 N–H and O–H groups in total. The summed E-state index contributed by atoms with van der Waals surface area (Å²) in [4.78, 5) is 11.6.